The van der Waals surface area contributed by atoms with Crippen LogP contribution in [0.5, 0.6) is 0 Å². The summed E-state index contributed by atoms with van der Waals surface area (Å²) in [5, 5.41) is 2.73. The Balaban J connectivity index is 1.93. The van der Waals surface area contributed by atoms with Gasteiger partial charge < -0.3 is 15.0 Å². The molecule has 120 valence electrons. The quantitative estimate of drug-likeness (QED) is 0.862. The zero-order valence-electron chi connectivity index (χ0n) is 13.4. The first-order valence-corrected chi connectivity index (χ1v) is 7.31. The van der Waals surface area contributed by atoms with E-state index in [9.17, 15) is 9.59 Å². The molecule has 0 spiro atoms. The van der Waals surface area contributed by atoms with Gasteiger partial charge in [-0.05, 0) is 43.3 Å². The number of ether oxygens (including phenoxy) is 1. The van der Waals surface area contributed by atoms with Crippen molar-refractivity contribution in [1.29, 1.82) is 0 Å². The van der Waals surface area contributed by atoms with E-state index < -0.39 is 12.1 Å². The largest absolute Gasteiger partial charge is 0.449 e. The lowest BCUT2D eigenvalue weighted by molar-refractivity contribution is -0.123. The fraction of sp³-hybridized carbons (Fsp3) is 0.222. The molecule has 0 aromatic heterocycles. The highest BCUT2D eigenvalue weighted by molar-refractivity contribution is 5.97. The number of carbonyl (C=O) groups is 2. The Morgan fingerprint density at radius 3 is 2.17 bits per heavy atom. The van der Waals surface area contributed by atoms with E-state index in [4.69, 9.17) is 4.74 Å². The molecule has 5 heteroatoms. The number of esters is 1. The van der Waals surface area contributed by atoms with Crippen LogP contribution in [0.25, 0.3) is 0 Å². The zero-order chi connectivity index (χ0) is 16.8. The molecule has 2 rings (SSSR count). The topological polar surface area (TPSA) is 58.6 Å². The highest BCUT2D eigenvalue weighted by atomic mass is 16.5. The van der Waals surface area contributed by atoms with Crippen LogP contribution in [0.2, 0.25) is 0 Å². The van der Waals surface area contributed by atoms with Crippen molar-refractivity contribution in [1.82, 2.24) is 0 Å². The molecule has 0 saturated carbocycles. The highest BCUT2D eigenvalue weighted by Gasteiger charge is 2.18. The molecule has 0 aliphatic heterocycles. The molecule has 5 nitrogen and oxygen atoms in total. The van der Waals surface area contributed by atoms with Crippen LogP contribution < -0.4 is 10.2 Å². The fourth-order valence-corrected chi connectivity index (χ4v) is 1.94. The van der Waals surface area contributed by atoms with Crippen LogP contribution in [0, 0.1) is 0 Å². The molecule has 0 aliphatic rings. The number of hydrogen-bond acceptors (Lipinski definition) is 4. The van der Waals surface area contributed by atoms with E-state index in [0.717, 1.165) is 5.69 Å². The molecular weight excluding hydrogens is 292 g/mol. The maximum atomic E-state index is 12.1. The highest BCUT2D eigenvalue weighted by Crippen LogP contribution is 2.16. The second-order valence-electron chi connectivity index (χ2n) is 5.34. The number of hydrogen-bond donors (Lipinski definition) is 1. The van der Waals surface area contributed by atoms with E-state index in [1.807, 2.05) is 37.2 Å². The van der Waals surface area contributed by atoms with Gasteiger partial charge in [-0.3, -0.25) is 4.79 Å². The predicted molar refractivity (Wildman–Crippen MR) is 90.7 cm³/mol. The minimum atomic E-state index is -0.878. The third-order valence-corrected chi connectivity index (χ3v) is 3.31. The molecule has 1 amide bonds. The van der Waals surface area contributed by atoms with E-state index in [2.05, 4.69) is 5.32 Å². The van der Waals surface area contributed by atoms with Gasteiger partial charge in [0.1, 0.15) is 0 Å². The molecule has 0 aliphatic carbocycles. The summed E-state index contributed by atoms with van der Waals surface area (Å²) in [6, 6.07) is 16.0. The van der Waals surface area contributed by atoms with Crippen LogP contribution in [-0.4, -0.2) is 32.1 Å². The monoisotopic (exact) mass is 312 g/mol. The number of amides is 1. The van der Waals surface area contributed by atoms with Crippen molar-refractivity contribution >= 4 is 23.3 Å². The molecule has 0 heterocycles. The first-order chi connectivity index (χ1) is 11.0. The minimum Gasteiger partial charge on any atom is -0.449 e. The van der Waals surface area contributed by atoms with Gasteiger partial charge in [-0.1, -0.05) is 18.2 Å². The molecule has 0 radical (unpaired) electrons. The summed E-state index contributed by atoms with van der Waals surface area (Å²) in [5.74, 6) is -0.886. The summed E-state index contributed by atoms with van der Waals surface area (Å²) >= 11 is 0. The number of benzene rings is 2. The summed E-state index contributed by atoms with van der Waals surface area (Å²) in [4.78, 5) is 26.0. The lowest BCUT2D eigenvalue weighted by atomic mass is 10.2. The molecule has 23 heavy (non-hydrogen) atoms. The Hall–Kier alpha value is -2.82. The minimum absolute atomic E-state index is 0.369. The number of nitrogens with one attached hydrogen (secondary N) is 1. The van der Waals surface area contributed by atoms with Crippen LogP contribution in [-0.2, 0) is 9.53 Å². The molecule has 0 saturated heterocycles. The molecular formula is C18H20N2O3. The van der Waals surface area contributed by atoms with Crippen molar-refractivity contribution < 1.29 is 14.3 Å². The Labute approximate surface area is 135 Å². The van der Waals surface area contributed by atoms with Gasteiger partial charge in [0.25, 0.3) is 5.91 Å². The van der Waals surface area contributed by atoms with Crippen molar-refractivity contribution in [2.75, 3.05) is 24.3 Å². The second kappa shape index (κ2) is 7.45. The maximum absolute atomic E-state index is 12.1. The van der Waals surface area contributed by atoms with E-state index in [1.165, 1.54) is 0 Å². The standard InChI is InChI=1S/C18H20N2O3/c1-13(23-18(22)14-7-5-4-6-8-14)17(21)19-15-9-11-16(12-10-15)20(2)3/h4-13H,1-3H3,(H,19,21)/t13-/m0/s1. The van der Waals surface area contributed by atoms with Crippen molar-refractivity contribution in [3.63, 3.8) is 0 Å². The molecule has 2 aromatic carbocycles. The van der Waals surface area contributed by atoms with Crippen molar-refractivity contribution in [3.8, 4) is 0 Å². The van der Waals surface area contributed by atoms with E-state index in [1.54, 1.807) is 43.3 Å². The average Bonchev–Trinajstić information content (AvgIpc) is 2.56. The van der Waals surface area contributed by atoms with Gasteiger partial charge in [0.15, 0.2) is 6.10 Å². The van der Waals surface area contributed by atoms with Gasteiger partial charge in [-0.15, -0.1) is 0 Å². The first-order valence-electron chi connectivity index (χ1n) is 7.31. The molecule has 0 fully saturated rings. The first kappa shape index (κ1) is 16.5. The third-order valence-electron chi connectivity index (χ3n) is 3.31. The molecule has 0 bridgehead atoms. The van der Waals surface area contributed by atoms with Crippen LogP contribution in [0.3, 0.4) is 0 Å². The summed E-state index contributed by atoms with van der Waals surface area (Å²) in [6.07, 6.45) is -0.878. The van der Waals surface area contributed by atoms with Crippen LogP contribution in [0.15, 0.2) is 54.6 Å². The SMILES string of the molecule is C[C@H](OC(=O)c1ccccc1)C(=O)Nc1ccc(N(C)C)cc1. The fourth-order valence-electron chi connectivity index (χ4n) is 1.94. The second-order valence-corrected chi connectivity index (χ2v) is 5.34. The van der Waals surface area contributed by atoms with E-state index in [0.29, 0.717) is 11.3 Å². The van der Waals surface area contributed by atoms with Crippen LogP contribution in [0.4, 0.5) is 11.4 Å². The van der Waals surface area contributed by atoms with Crippen LogP contribution in [0.1, 0.15) is 17.3 Å². The summed E-state index contributed by atoms with van der Waals surface area (Å²) in [5.41, 5.74) is 2.11. The van der Waals surface area contributed by atoms with Gasteiger partial charge >= 0.3 is 5.97 Å². The smallest absolute Gasteiger partial charge is 0.338 e. The van der Waals surface area contributed by atoms with Gasteiger partial charge in [0, 0.05) is 25.5 Å². The molecule has 2 aromatic rings. The third kappa shape index (κ3) is 4.57. The Morgan fingerprint density at radius 1 is 1.00 bits per heavy atom. The number of nitrogens with zero attached hydrogens (tertiary/aromatic N) is 1. The van der Waals surface area contributed by atoms with Crippen molar-refractivity contribution in [3.05, 3.63) is 60.2 Å². The lowest BCUT2D eigenvalue weighted by Gasteiger charge is -2.15. The normalized spacial score (nSPS) is 11.4. The molecule has 0 unspecified atom stereocenters. The van der Waals surface area contributed by atoms with Crippen molar-refractivity contribution in [2.45, 2.75) is 13.0 Å². The van der Waals surface area contributed by atoms with Crippen LogP contribution >= 0.6 is 0 Å². The van der Waals surface area contributed by atoms with E-state index in [-0.39, 0.29) is 5.91 Å². The summed E-state index contributed by atoms with van der Waals surface area (Å²) in [7, 11) is 3.89. The summed E-state index contributed by atoms with van der Waals surface area (Å²) in [6.45, 7) is 1.55. The number of rotatable bonds is 5. The molecule has 1 atom stereocenters. The Morgan fingerprint density at radius 2 is 1.61 bits per heavy atom. The van der Waals surface area contributed by atoms with Gasteiger partial charge in [0.2, 0.25) is 0 Å². The van der Waals surface area contributed by atoms with Crippen molar-refractivity contribution in [2.24, 2.45) is 0 Å². The van der Waals surface area contributed by atoms with Gasteiger partial charge in [-0.2, -0.15) is 0 Å². The Kier molecular flexibility index (Phi) is 5.36. The van der Waals surface area contributed by atoms with Gasteiger partial charge in [0.05, 0.1) is 5.56 Å². The zero-order valence-corrected chi connectivity index (χ0v) is 13.4. The lowest BCUT2D eigenvalue weighted by Crippen LogP contribution is -2.30. The summed E-state index contributed by atoms with van der Waals surface area (Å²) < 4.78 is 5.17. The average molecular weight is 312 g/mol. The maximum Gasteiger partial charge on any atom is 0.338 e. The predicted octanol–water partition coefficient (Wildman–Crippen LogP) is 2.94. The van der Waals surface area contributed by atoms with Gasteiger partial charge in [-0.25, -0.2) is 4.79 Å². The number of carbonyl (C=O) groups excluding carboxylic acids is 2. The Bertz CT molecular complexity index is 666. The molecule has 1 N–H and O–H groups in total. The van der Waals surface area contributed by atoms with E-state index >= 15 is 0 Å². The number of anilines is 2.